The number of thiocarbonyl (C=S) groups is 1. The lowest BCUT2D eigenvalue weighted by Gasteiger charge is -2.11. The van der Waals surface area contributed by atoms with Crippen molar-refractivity contribution in [2.75, 3.05) is 12.4 Å². The fourth-order valence-electron chi connectivity index (χ4n) is 1.69. The molecular formula is C15H16N4OS. The first-order valence-corrected chi connectivity index (χ1v) is 6.76. The van der Waals surface area contributed by atoms with Crippen LogP contribution in [0.2, 0.25) is 0 Å². The number of methoxy groups -OCH3 is 1. The fraction of sp³-hybridized carbons (Fsp3) is 0.133. The van der Waals surface area contributed by atoms with Crippen molar-refractivity contribution >= 4 is 28.7 Å². The van der Waals surface area contributed by atoms with E-state index in [-0.39, 0.29) is 0 Å². The summed E-state index contributed by atoms with van der Waals surface area (Å²) in [7, 11) is 1.61. The number of rotatable bonds is 4. The van der Waals surface area contributed by atoms with E-state index in [1.165, 1.54) is 0 Å². The van der Waals surface area contributed by atoms with Crippen molar-refractivity contribution in [3.05, 3.63) is 54.4 Å². The Bertz CT molecular complexity index is 643. The number of nitrogens with zero attached hydrogens (tertiary/aromatic N) is 2. The molecule has 21 heavy (non-hydrogen) atoms. The molecule has 1 aromatic heterocycles. The van der Waals surface area contributed by atoms with Gasteiger partial charge in [-0.1, -0.05) is 12.1 Å². The molecule has 0 amide bonds. The number of hydrogen-bond acceptors (Lipinski definition) is 4. The van der Waals surface area contributed by atoms with E-state index in [4.69, 9.17) is 17.0 Å². The third-order valence-electron chi connectivity index (χ3n) is 2.78. The van der Waals surface area contributed by atoms with Crippen molar-refractivity contribution in [1.29, 1.82) is 0 Å². The summed E-state index contributed by atoms with van der Waals surface area (Å²) in [5.74, 6) is 0.719. The second-order valence-electron chi connectivity index (χ2n) is 4.20. The first kappa shape index (κ1) is 14.9. The number of hydrazone groups is 1. The maximum atomic E-state index is 5.25. The molecule has 2 aromatic rings. The van der Waals surface area contributed by atoms with Crippen molar-refractivity contribution in [1.82, 2.24) is 10.4 Å². The number of aromatic nitrogens is 1. The number of para-hydroxylation sites is 2. The molecule has 5 nitrogen and oxygen atoms in total. The number of ether oxygens (including phenoxy) is 1. The third-order valence-corrected chi connectivity index (χ3v) is 2.97. The Labute approximate surface area is 129 Å². The highest BCUT2D eigenvalue weighted by Gasteiger charge is 2.03. The summed E-state index contributed by atoms with van der Waals surface area (Å²) in [6.45, 7) is 1.90. The summed E-state index contributed by atoms with van der Waals surface area (Å²) < 4.78 is 5.25. The molecule has 108 valence electrons. The van der Waals surface area contributed by atoms with Gasteiger partial charge < -0.3 is 10.1 Å². The van der Waals surface area contributed by atoms with Crippen molar-refractivity contribution in [3.8, 4) is 5.75 Å². The van der Waals surface area contributed by atoms with Crippen molar-refractivity contribution < 1.29 is 4.74 Å². The van der Waals surface area contributed by atoms with Gasteiger partial charge in [0.2, 0.25) is 0 Å². The standard InChI is InChI=1S/C15H16N4OS/c1-11(12-7-9-16-10-8-12)18-19-15(21)17-13-5-3-4-6-14(13)20-2/h3-10H,1-2H3,(H2,17,19,21). The first-order chi connectivity index (χ1) is 10.2. The quantitative estimate of drug-likeness (QED) is 0.516. The van der Waals surface area contributed by atoms with Crippen LogP contribution in [0, 0.1) is 0 Å². The monoisotopic (exact) mass is 300 g/mol. The third kappa shape index (κ3) is 4.25. The molecule has 2 rings (SSSR count). The maximum absolute atomic E-state index is 5.25. The van der Waals surface area contributed by atoms with Gasteiger partial charge in [-0.3, -0.25) is 10.4 Å². The Morgan fingerprint density at radius 3 is 2.62 bits per heavy atom. The molecular weight excluding hydrogens is 284 g/mol. The molecule has 1 aromatic carbocycles. The topological polar surface area (TPSA) is 58.5 Å². The van der Waals surface area contributed by atoms with Gasteiger partial charge in [0, 0.05) is 18.0 Å². The summed E-state index contributed by atoms with van der Waals surface area (Å²) in [5, 5.41) is 7.68. The summed E-state index contributed by atoms with van der Waals surface area (Å²) in [5.41, 5.74) is 5.40. The predicted molar refractivity (Wildman–Crippen MR) is 88.8 cm³/mol. The zero-order chi connectivity index (χ0) is 15.1. The highest BCUT2D eigenvalue weighted by Crippen LogP contribution is 2.22. The minimum Gasteiger partial charge on any atom is -0.495 e. The van der Waals surface area contributed by atoms with Crippen LogP contribution in [0.25, 0.3) is 0 Å². The smallest absolute Gasteiger partial charge is 0.191 e. The van der Waals surface area contributed by atoms with E-state index in [9.17, 15) is 0 Å². The van der Waals surface area contributed by atoms with Gasteiger partial charge in [0.05, 0.1) is 18.5 Å². The van der Waals surface area contributed by atoms with Crippen molar-refractivity contribution in [2.45, 2.75) is 6.92 Å². The lowest BCUT2D eigenvalue weighted by molar-refractivity contribution is 0.417. The van der Waals surface area contributed by atoms with Crippen LogP contribution in [0.15, 0.2) is 53.9 Å². The Hall–Kier alpha value is -2.47. The van der Waals surface area contributed by atoms with E-state index in [1.807, 2.05) is 43.3 Å². The normalized spacial score (nSPS) is 10.9. The van der Waals surface area contributed by atoms with Gasteiger partial charge in [0.1, 0.15) is 5.75 Å². The van der Waals surface area contributed by atoms with E-state index in [0.29, 0.717) is 5.11 Å². The molecule has 0 saturated heterocycles. The molecule has 1 heterocycles. The molecule has 0 radical (unpaired) electrons. The summed E-state index contributed by atoms with van der Waals surface area (Å²) >= 11 is 5.21. The predicted octanol–water partition coefficient (Wildman–Crippen LogP) is 2.80. The first-order valence-electron chi connectivity index (χ1n) is 6.35. The number of pyridine rings is 1. The van der Waals surface area contributed by atoms with Crippen LogP contribution in [0.5, 0.6) is 5.75 Å². The number of anilines is 1. The Morgan fingerprint density at radius 2 is 1.90 bits per heavy atom. The van der Waals surface area contributed by atoms with Gasteiger partial charge in [0.25, 0.3) is 0 Å². The largest absolute Gasteiger partial charge is 0.495 e. The van der Waals surface area contributed by atoms with Crippen LogP contribution in [-0.2, 0) is 0 Å². The van der Waals surface area contributed by atoms with E-state index < -0.39 is 0 Å². The Balaban J connectivity index is 1.99. The zero-order valence-corrected chi connectivity index (χ0v) is 12.6. The minimum atomic E-state index is 0.396. The number of hydrogen-bond donors (Lipinski definition) is 2. The van der Waals surface area contributed by atoms with Crippen LogP contribution < -0.4 is 15.5 Å². The molecule has 6 heteroatoms. The van der Waals surface area contributed by atoms with Gasteiger partial charge in [-0.15, -0.1) is 0 Å². The van der Waals surface area contributed by atoms with Gasteiger partial charge in [0.15, 0.2) is 5.11 Å². The molecule has 2 N–H and O–H groups in total. The minimum absolute atomic E-state index is 0.396. The lowest BCUT2D eigenvalue weighted by Crippen LogP contribution is -2.25. The average molecular weight is 300 g/mol. The molecule has 0 spiro atoms. The highest BCUT2D eigenvalue weighted by atomic mass is 32.1. The molecule has 0 bridgehead atoms. The molecule has 0 fully saturated rings. The summed E-state index contributed by atoms with van der Waals surface area (Å²) in [6, 6.07) is 11.3. The highest BCUT2D eigenvalue weighted by molar-refractivity contribution is 7.80. The zero-order valence-electron chi connectivity index (χ0n) is 11.8. The van der Waals surface area contributed by atoms with Crippen LogP contribution >= 0.6 is 12.2 Å². The van der Waals surface area contributed by atoms with Crippen LogP contribution in [0.4, 0.5) is 5.69 Å². The molecule has 0 aliphatic rings. The van der Waals surface area contributed by atoms with Crippen molar-refractivity contribution in [3.63, 3.8) is 0 Å². The number of benzene rings is 1. The van der Waals surface area contributed by atoms with E-state index in [2.05, 4.69) is 20.8 Å². The average Bonchev–Trinajstić information content (AvgIpc) is 2.54. The Morgan fingerprint density at radius 1 is 1.19 bits per heavy atom. The molecule has 0 aliphatic carbocycles. The fourth-order valence-corrected chi connectivity index (χ4v) is 1.85. The van der Waals surface area contributed by atoms with Crippen LogP contribution in [0.1, 0.15) is 12.5 Å². The van der Waals surface area contributed by atoms with Gasteiger partial charge in [-0.2, -0.15) is 5.10 Å². The molecule has 0 atom stereocenters. The van der Waals surface area contributed by atoms with Crippen LogP contribution in [-0.4, -0.2) is 22.9 Å². The molecule has 0 aliphatic heterocycles. The second-order valence-corrected chi connectivity index (χ2v) is 4.61. The van der Waals surface area contributed by atoms with Gasteiger partial charge >= 0.3 is 0 Å². The maximum Gasteiger partial charge on any atom is 0.191 e. The van der Waals surface area contributed by atoms with E-state index >= 15 is 0 Å². The lowest BCUT2D eigenvalue weighted by atomic mass is 10.2. The van der Waals surface area contributed by atoms with Gasteiger partial charge in [-0.05, 0) is 43.4 Å². The SMILES string of the molecule is COc1ccccc1NC(=S)NN=C(C)c1ccncc1. The Kier molecular flexibility index (Phi) is 5.22. The van der Waals surface area contributed by atoms with Crippen LogP contribution in [0.3, 0.4) is 0 Å². The van der Waals surface area contributed by atoms with Crippen molar-refractivity contribution in [2.24, 2.45) is 5.10 Å². The molecule has 0 saturated carbocycles. The van der Waals surface area contributed by atoms with E-state index in [0.717, 1.165) is 22.7 Å². The summed E-state index contributed by atoms with van der Waals surface area (Å²) in [4.78, 5) is 3.97. The molecule has 0 unspecified atom stereocenters. The second kappa shape index (κ2) is 7.35. The van der Waals surface area contributed by atoms with Gasteiger partial charge in [-0.25, -0.2) is 0 Å². The van der Waals surface area contributed by atoms with E-state index in [1.54, 1.807) is 19.5 Å². The number of nitrogens with one attached hydrogen (secondary N) is 2. The summed E-state index contributed by atoms with van der Waals surface area (Å²) in [6.07, 6.45) is 3.44.